The van der Waals surface area contributed by atoms with Crippen LogP contribution < -0.4 is 10.6 Å². The molecule has 1 saturated carbocycles. The van der Waals surface area contributed by atoms with Crippen LogP contribution in [-0.2, 0) is 10.2 Å². The van der Waals surface area contributed by atoms with Gasteiger partial charge in [-0.3, -0.25) is 4.99 Å². The molecule has 3 N–H and O–H groups in total. The van der Waals surface area contributed by atoms with E-state index in [9.17, 15) is 5.11 Å². The SMILES string of the molecule is CCNC(=NCC1(CCO)CCOC1)NCC1(c2ccccc2)CCCC1. The molecular weight excluding hydrogens is 338 g/mol. The number of aliphatic hydroxyl groups is 1. The van der Waals surface area contributed by atoms with E-state index in [1.165, 1.54) is 31.2 Å². The van der Waals surface area contributed by atoms with Gasteiger partial charge >= 0.3 is 0 Å². The standard InChI is InChI=1S/C22H35N3O2/c1-2-23-20(24-16-21(12-14-26)13-15-27-18-21)25-17-22(10-6-7-11-22)19-8-4-3-5-9-19/h3-5,8-9,26H,2,6-7,10-18H2,1H3,(H2,23,24,25). The molecular formula is C22H35N3O2. The summed E-state index contributed by atoms with van der Waals surface area (Å²) in [5.41, 5.74) is 1.63. The maximum absolute atomic E-state index is 9.43. The van der Waals surface area contributed by atoms with Gasteiger partial charge in [0.1, 0.15) is 0 Å². The van der Waals surface area contributed by atoms with Gasteiger partial charge < -0.3 is 20.5 Å². The van der Waals surface area contributed by atoms with Crippen LogP contribution in [0.4, 0.5) is 0 Å². The minimum atomic E-state index is -0.0123. The Morgan fingerprint density at radius 1 is 1.15 bits per heavy atom. The first-order valence-corrected chi connectivity index (χ1v) is 10.5. The molecule has 1 aromatic carbocycles. The Hall–Kier alpha value is -1.59. The predicted octanol–water partition coefficient (Wildman–Crippen LogP) is 2.84. The molecule has 1 aromatic rings. The molecule has 0 amide bonds. The lowest BCUT2D eigenvalue weighted by Gasteiger charge is -2.31. The number of aliphatic imine (C=N–C) groups is 1. The van der Waals surface area contributed by atoms with Crippen molar-refractivity contribution < 1.29 is 9.84 Å². The average molecular weight is 374 g/mol. The monoisotopic (exact) mass is 373 g/mol. The lowest BCUT2D eigenvalue weighted by atomic mass is 9.79. The van der Waals surface area contributed by atoms with Crippen LogP contribution in [0.3, 0.4) is 0 Å². The molecule has 0 aromatic heterocycles. The molecule has 5 heteroatoms. The zero-order valence-electron chi connectivity index (χ0n) is 16.7. The maximum Gasteiger partial charge on any atom is 0.191 e. The summed E-state index contributed by atoms with van der Waals surface area (Å²) in [4.78, 5) is 4.88. The highest BCUT2D eigenvalue weighted by molar-refractivity contribution is 5.80. The molecule has 0 radical (unpaired) electrons. The van der Waals surface area contributed by atoms with E-state index in [1.54, 1.807) is 0 Å². The van der Waals surface area contributed by atoms with Gasteiger partial charge in [-0.15, -0.1) is 0 Å². The van der Waals surface area contributed by atoms with Gasteiger partial charge in [0.2, 0.25) is 0 Å². The Labute approximate surface area is 163 Å². The molecule has 0 bridgehead atoms. The molecule has 5 nitrogen and oxygen atoms in total. The van der Waals surface area contributed by atoms with Gasteiger partial charge in [-0.25, -0.2) is 0 Å². The quantitative estimate of drug-likeness (QED) is 0.484. The van der Waals surface area contributed by atoms with E-state index >= 15 is 0 Å². The Bertz CT molecular complexity index is 591. The fourth-order valence-electron chi connectivity index (χ4n) is 4.54. The van der Waals surface area contributed by atoms with Gasteiger partial charge in [0.05, 0.1) is 13.2 Å². The average Bonchev–Trinajstić information content (AvgIpc) is 3.36. The van der Waals surface area contributed by atoms with Gasteiger partial charge in [-0.1, -0.05) is 43.2 Å². The number of aliphatic hydroxyl groups excluding tert-OH is 1. The lowest BCUT2D eigenvalue weighted by molar-refractivity contribution is 0.131. The highest BCUT2D eigenvalue weighted by Crippen LogP contribution is 2.40. The Morgan fingerprint density at radius 2 is 1.93 bits per heavy atom. The highest BCUT2D eigenvalue weighted by Gasteiger charge is 2.36. The van der Waals surface area contributed by atoms with Gasteiger partial charge in [0, 0.05) is 37.1 Å². The first kappa shape index (κ1) is 20.2. The number of benzene rings is 1. The summed E-state index contributed by atoms with van der Waals surface area (Å²) in [5, 5.41) is 16.4. The Morgan fingerprint density at radius 3 is 2.56 bits per heavy atom. The van der Waals surface area contributed by atoms with Crippen LogP contribution in [0.25, 0.3) is 0 Å². The third-order valence-corrected chi connectivity index (χ3v) is 6.28. The van der Waals surface area contributed by atoms with Crippen LogP contribution in [-0.4, -0.2) is 50.5 Å². The van der Waals surface area contributed by atoms with E-state index in [0.717, 1.165) is 38.5 Å². The molecule has 1 atom stereocenters. The second-order valence-electron chi connectivity index (χ2n) is 8.18. The van der Waals surface area contributed by atoms with E-state index in [0.29, 0.717) is 13.2 Å². The summed E-state index contributed by atoms with van der Waals surface area (Å²) in [6.45, 7) is 6.21. The molecule has 1 heterocycles. The van der Waals surface area contributed by atoms with Crippen molar-refractivity contribution in [2.75, 3.05) is 39.5 Å². The van der Waals surface area contributed by atoms with Crippen LogP contribution >= 0.6 is 0 Å². The van der Waals surface area contributed by atoms with Crippen molar-refractivity contribution in [3.8, 4) is 0 Å². The second kappa shape index (κ2) is 9.56. The molecule has 0 spiro atoms. The van der Waals surface area contributed by atoms with E-state index in [2.05, 4.69) is 47.9 Å². The fourth-order valence-corrected chi connectivity index (χ4v) is 4.54. The third-order valence-electron chi connectivity index (χ3n) is 6.28. The minimum absolute atomic E-state index is 0.0123. The summed E-state index contributed by atoms with van der Waals surface area (Å²) >= 11 is 0. The third kappa shape index (κ3) is 5.02. The molecule has 2 fully saturated rings. The van der Waals surface area contributed by atoms with E-state index in [1.807, 2.05) is 0 Å². The van der Waals surface area contributed by atoms with Crippen molar-refractivity contribution >= 4 is 5.96 Å². The number of hydrogen-bond acceptors (Lipinski definition) is 3. The number of guanidine groups is 1. The van der Waals surface area contributed by atoms with E-state index < -0.39 is 0 Å². The molecule has 150 valence electrons. The van der Waals surface area contributed by atoms with Crippen LogP contribution in [0.15, 0.2) is 35.3 Å². The van der Waals surface area contributed by atoms with Crippen LogP contribution in [0.2, 0.25) is 0 Å². The topological polar surface area (TPSA) is 65.9 Å². The Kier molecular flexibility index (Phi) is 7.13. The molecule has 3 rings (SSSR count). The number of nitrogens with one attached hydrogen (secondary N) is 2. The molecule has 1 saturated heterocycles. The smallest absolute Gasteiger partial charge is 0.191 e. The zero-order valence-corrected chi connectivity index (χ0v) is 16.7. The molecule has 2 aliphatic rings. The van der Waals surface area contributed by atoms with Crippen LogP contribution in [0.1, 0.15) is 51.0 Å². The van der Waals surface area contributed by atoms with Gasteiger partial charge in [-0.05, 0) is 38.2 Å². The number of nitrogens with zero attached hydrogens (tertiary/aromatic N) is 1. The maximum atomic E-state index is 9.43. The molecule has 27 heavy (non-hydrogen) atoms. The van der Waals surface area contributed by atoms with Crippen molar-refractivity contribution in [3.63, 3.8) is 0 Å². The first-order valence-electron chi connectivity index (χ1n) is 10.5. The van der Waals surface area contributed by atoms with Crippen molar-refractivity contribution in [1.82, 2.24) is 10.6 Å². The molecule has 1 unspecified atom stereocenters. The fraction of sp³-hybridized carbons (Fsp3) is 0.682. The number of ether oxygens (including phenoxy) is 1. The number of hydrogen-bond donors (Lipinski definition) is 3. The lowest BCUT2D eigenvalue weighted by Crippen LogP contribution is -2.45. The molecule has 1 aliphatic carbocycles. The van der Waals surface area contributed by atoms with Crippen molar-refractivity contribution in [3.05, 3.63) is 35.9 Å². The van der Waals surface area contributed by atoms with E-state index in [-0.39, 0.29) is 17.4 Å². The summed E-state index contributed by atoms with van der Waals surface area (Å²) in [5.74, 6) is 0.879. The van der Waals surface area contributed by atoms with Crippen LogP contribution in [0.5, 0.6) is 0 Å². The second-order valence-corrected chi connectivity index (χ2v) is 8.18. The van der Waals surface area contributed by atoms with Gasteiger partial charge in [0.15, 0.2) is 5.96 Å². The minimum Gasteiger partial charge on any atom is -0.396 e. The predicted molar refractivity (Wildman–Crippen MR) is 110 cm³/mol. The van der Waals surface area contributed by atoms with Crippen molar-refractivity contribution in [2.45, 2.75) is 50.9 Å². The number of rotatable bonds is 8. The van der Waals surface area contributed by atoms with Crippen LogP contribution in [0, 0.1) is 5.41 Å². The normalized spacial score (nSPS) is 24.9. The highest BCUT2D eigenvalue weighted by atomic mass is 16.5. The summed E-state index contributed by atoms with van der Waals surface area (Å²) in [6.07, 6.45) is 6.77. The van der Waals surface area contributed by atoms with Crippen molar-refractivity contribution in [2.24, 2.45) is 10.4 Å². The summed E-state index contributed by atoms with van der Waals surface area (Å²) in [7, 11) is 0. The summed E-state index contributed by atoms with van der Waals surface area (Å²) in [6, 6.07) is 10.9. The molecule has 1 aliphatic heterocycles. The Balaban J connectivity index is 1.68. The first-order chi connectivity index (χ1) is 13.2. The van der Waals surface area contributed by atoms with Gasteiger partial charge in [-0.2, -0.15) is 0 Å². The van der Waals surface area contributed by atoms with E-state index in [4.69, 9.17) is 9.73 Å². The summed E-state index contributed by atoms with van der Waals surface area (Å²) < 4.78 is 5.60. The van der Waals surface area contributed by atoms with Gasteiger partial charge in [0.25, 0.3) is 0 Å². The van der Waals surface area contributed by atoms with Crippen molar-refractivity contribution in [1.29, 1.82) is 0 Å². The zero-order chi connectivity index (χ0) is 19.0. The largest absolute Gasteiger partial charge is 0.396 e.